The molecule has 104 valence electrons. The van der Waals surface area contributed by atoms with Gasteiger partial charge >= 0.3 is 0 Å². The molecule has 0 amide bonds. The lowest BCUT2D eigenvalue weighted by Crippen LogP contribution is -2.20. The predicted molar refractivity (Wildman–Crippen MR) is 84.0 cm³/mol. The molecular formula is C18H21NO. The molecule has 0 aliphatic rings. The second-order valence-electron chi connectivity index (χ2n) is 5.94. The topological polar surface area (TPSA) is 43.1 Å². The van der Waals surface area contributed by atoms with Crippen molar-refractivity contribution in [3.8, 4) is 0 Å². The Balaban J connectivity index is 2.20. The monoisotopic (exact) mass is 267 g/mol. The van der Waals surface area contributed by atoms with Gasteiger partial charge in [-0.2, -0.15) is 0 Å². The average molecular weight is 267 g/mol. The van der Waals surface area contributed by atoms with Crippen LogP contribution in [-0.4, -0.2) is 5.78 Å². The summed E-state index contributed by atoms with van der Waals surface area (Å²) in [7, 11) is 0. The molecule has 0 bridgehead atoms. The molecule has 0 fully saturated rings. The van der Waals surface area contributed by atoms with Gasteiger partial charge in [0.15, 0.2) is 5.78 Å². The number of rotatable bonds is 4. The van der Waals surface area contributed by atoms with Crippen molar-refractivity contribution < 1.29 is 4.79 Å². The molecule has 0 radical (unpaired) electrons. The van der Waals surface area contributed by atoms with Gasteiger partial charge in [0.2, 0.25) is 0 Å². The lowest BCUT2D eigenvalue weighted by Gasteiger charge is -2.25. The van der Waals surface area contributed by atoms with Crippen molar-refractivity contribution in [2.45, 2.75) is 32.6 Å². The second-order valence-corrected chi connectivity index (χ2v) is 5.94. The summed E-state index contributed by atoms with van der Waals surface area (Å²) in [6.07, 6.45) is 0.937. The van der Waals surface area contributed by atoms with E-state index in [0.29, 0.717) is 0 Å². The fourth-order valence-corrected chi connectivity index (χ4v) is 2.40. The van der Waals surface area contributed by atoms with Crippen molar-refractivity contribution >= 4 is 11.5 Å². The fourth-order valence-electron chi connectivity index (χ4n) is 2.40. The summed E-state index contributed by atoms with van der Waals surface area (Å²) < 4.78 is 0. The summed E-state index contributed by atoms with van der Waals surface area (Å²) in [5, 5.41) is 0. The zero-order valence-electron chi connectivity index (χ0n) is 12.3. The Labute approximate surface area is 120 Å². The summed E-state index contributed by atoms with van der Waals surface area (Å²) in [5.41, 5.74) is 9.78. The maximum atomic E-state index is 11.3. The number of benzene rings is 2. The van der Waals surface area contributed by atoms with Gasteiger partial charge in [0, 0.05) is 11.3 Å². The Morgan fingerprint density at radius 1 is 1.00 bits per heavy atom. The van der Waals surface area contributed by atoms with Crippen LogP contribution in [0, 0.1) is 0 Å². The van der Waals surface area contributed by atoms with Gasteiger partial charge in [0.05, 0.1) is 0 Å². The molecule has 0 saturated carbocycles. The van der Waals surface area contributed by atoms with Crippen LogP contribution in [0.1, 0.15) is 42.3 Å². The van der Waals surface area contributed by atoms with E-state index in [9.17, 15) is 4.79 Å². The molecule has 2 N–H and O–H groups in total. The van der Waals surface area contributed by atoms with Crippen molar-refractivity contribution in [2.24, 2.45) is 0 Å². The molecule has 2 aromatic carbocycles. The molecule has 0 aliphatic carbocycles. The molecule has 0 spiro atoms. The van der Waals surface area contributed by atoms with Crippen molar-refractivity contribution in [2.75, 3.05) is 5.73 Å². The SMILES string of the molecule is CC(=O)c1ccc(C(C)(C)Cc2ccc(N)cc2)cc1. The van der Waals surface area contributed by atoms with E-state index in [2.05, 4.69) is 26.0 Å². The smallest absolute Gasteiger partial charge is 0.159 e. The molecular weight excluding hydrogens is 246 g/mol. The van der Waals surface area contributed by atoms with Crippen LogP contribution >= 0.6 is 0 Å². The first-order valence-electron chi connectivity index (χ1n) is 6.84. The lowest BCUT2D eigenvalue weighted by molar-refractivity contribution is 0.101. The Morgan fingerprint density at radius 3 is 2.05 bits per heavy atom. The molecule has 0 aliphatic heterocycles. The molecule has 2 aromatic rings. The first kappa shape index (κ1) is 14.3. The zero-order valence-corrected chi connectivity index (χ0v) is 12.3. The van der Waals surface area contributed by atoms with Crippen LogP contribution < -0.4 is 5.73 Å². The summed E-state index contributed by atoms with van der Waals surface area (Å²) in [5.74, 6) is 0.105. The highest BCUT2D eigenvalue weighted by Crippen LogP contribution is 2.28. The van der Waals surface area contributed by atoms with Crippen molar-refractivity contribution in [3.63, 3.8) is 0 Å². The average Bonchev–Trinajstić information content (AvgIpc) is 2.41. The number of hydrogen-bond donors (Lipinski definition) is 1. The van der Waals surface area contributed by atoms with E-state index in [1.165, 1.54) is 11.1 Å². The number of nitrogen functional groups attached to an aromatic ring is 1. The minimum atomic E-state index is 0.0193. The molecule has 0 heterocycles. The lowest BCUT2D eigenvalue weighted by atomic mass is 9.79. The van der Waals surface area contributed by atoms with Gasteiger partial charge < -0.3 is 5.73 Å². The van der Waals surface area contributed by atoms with Crippen molar-refractivity contribution in [1.82, 2.24) is 0 Å². The van der Waals surface area contributed by atoms with Gasteiger partial charge in [-0.05, 0) is 42.0 Å². The highest BCUT2D eigenvalue weighted by molar-refractivity contribution is 5.94. The summed E-state index contributed by atoms with van der Waals surface area (Å²) in [4.78, 5) is 11.3. The van der Waals surface area contributed by atoms with Gasteiger partial charge in [-0.3, -0.25) is 4.79 Å². The third-order valence-electron chi connectivity index (χ3n) is 3.70. The number of nitrogens with two attached hydrogens (primary N) is 1. The minimum absolute atomic E-state index is 0.0193. The van der Waals surface area contributed by atoms with Crippen LogP contribution in [-0.2, 0) is 11.8 Å². The van der Waals surface area contributed by atoms with Gasteiger partial charge in [0.1, 0.15) is 0 Å². The quantitative estimate of drug-likeness (QED) is 0.672. The normalized spacial score (nSPS) is 11.3. The largest absolute Gasteiger partial charge is 0.399 e. The number of Topliss-reactive ketones (excluding diaryl/α,β-unsaturated/α-hetero) is 1. The first-order valence-corrected chi connectivity index (χ1v) is 6.84. The third-order valence-corrected chi connectivity index (χ3v) is 3.70. The van der Waals surface area contributed by atoms with E-state index >= 15 is 0 Å². The van der Waals surface area contributed by atoms with Gasteiger partial charge in [-0.15, -0.1) is 0 Å². The molecule has 2 nitrogen and oxygen atoms in total. The van der Waals surface area contributed by atoms with E-state index in [0.717, 1.165) is 17.7 Å². The van der Waals surface area contributed by atoms with Crippen LogP contribution in [0.2, 0.25) is 0 Å². The molecule has 2 rings (SSSR count). The van der Waals surface area contributed by atoms with E-state index < -0.39 is 0 Å². The Morgan fingerprint density at radius 2 is 1.55 bits per heavy atom. The molecule has 2 heteroatoms. The molecule has 0 saturated heterocycles. The molecule has 20 heavy (non-hydrogen) atoms. The third kappa shape index (κ3) is 3.27. The Hall–Kier alpha value is -2.09. The van der Waals surface area contributed by atoms with Crippen molar-refractivity contribution in [1.29, 1.82) is 0 Å². The van der Waals surface area contributed by atoms with Gasteiger partial charge in [-0.25, -0.2) is 0 Å². The Bertz CT molecular complexity index is 594. The number of ketones is 1. The van der Waals surface area contributed by atoms with Crippen LogP contribution in [0.3, 0.4) is 0 Å². The predicted octanol–water partition coefficient (Wildman–Crippen LogP) is 3.99. The maximum absolute atomic E-state index is 11.3. The summed E-state index contributed by atoms with van der Waals surface area (Å²) >= 11 is 0. The summed E-state index contributed by atoms with van der Waals surface area (Å²) in [6, 6.07) is 15.9. The Kier molecular flexibility index (Phi) is 3.93. The van der Waals surface area contributed by atoms with Gasteiger partial charge in [0.25, 0.3) is 0 Å². The zero-order chi connectivity index (χ0) is 14.8. The number of anilines is 1. The molecule has 0 unspecified atom stereocenters. The standard InChI is InChI=1S/C18H21NO/c1-13(20)15-6-8-16(9-7-15)18(2,3)12-14-4-10-17(19)11-5-14/h4-11H,12,19H2,1-3H3. The fraction of sp³-hybridized carbons (Fsp3) is 0.278. The second kappa shape index (κ2) is 5.49. The van der Waals surface area contributed by atoms with E-state index in [-0.39, 0.29) is 11.2 Å². The molecule has 0 aromatic heterocycles. The highest BCUT2D eigenvalue weighted by Gasteiger charge is 2.21. The van der Waals surface area contributed by atoms with Crippen LogP contribution in [0.15, 0.2) is 48.5 Å². The number of hydrogen-bond acceptors (Lipinski definition) is 2. The number of carbonyl (C=O) groups excluding carboxylic acids is 1. The number of carbonyl (C=O) groups is 1. The maximum Gasteiger partial charge on any atom is 0.159 e. The minimum Gasteiger partial charge on any atom is -0.399 e. The summed E-state index contributed by atoms with van der Waals surface area (Å²) in [6.45, 7) is 6.02. The van der Waals surface area contributed by atoms with E-state index in [1.807, 2.05) is 36.4 Å². The van der Waals surface area contributed by atoms with E-state index in [1.54, 1.807) is 6.92 Å². The van der Waals surface area contributed by atoms with Crippen LogP contribution in [0.5, 0.6) is 0 Å². The van der Waals surface area contributed by atoms with Gasteiger partial charge in [-0.1, -0.05) is 50.2 Å². The molecule has 0 atom stereocenters. The van der Waals surface area contributed by atoms with Crippen molar-refractivity contribution in [3.05, 3.63) is 65.2 Å². The first-order chi connectivity index (χ1) is 9.38. The van der Waals surface area contributed by atoms with Crippen LogP contribution in [0.25, 0.3) is 0 Å². The van der Waals surface area contributed by atoms with E-state index in [4.69, 9.17) is 5.73 Å². The van der Waals surface area contributed by atoms with Crippen LogP contribution in [0.4, 0.5) is 5.69 Å². The highest BCUT2D eigenvalue weighted by atomic mass is 16.1.